The molecule has 2 fully saturated rings. The molecule has 122 valence electrons. The minimum atomic E-state index is 0. The van der Waals surface area contributed by atoms with Gasteiger partial charge in [0.25, 0.3) is 0 Å². The Morgan fingerprint density at radius 1 is 1.33 bits per heavy atom. The molecule has 2 aliphatic rings. The van der Waals surface area contributed by atoms with Crippen molar-refractivity contribution in [2.75, 3.05) is 58.9 Å². The van der Waals surface area contributed by atoms with E-state index in [2.05, 4.69) is 33.9 Å². The molecule has 0 radical (unpaired) electrons. The third-order valence-electron chi connectivity index (χ3n) is 4.34. The van der Waals surface area contributed by atoms with Crippen molar-refractivity contribution in [2.45, 2.75) is 13.3 Å². The van der Waals surface area contributed by atoms with E-state index >= 15 is 0 Å². The first-order valence-electron chi connectivity index (χ1n) is 7.64. The van der Waals surface area contributed by atoms with Crippen LogP contribution in [0, 0.1) is 5.41 Å². The Hall–Kier alpha value is -0.620. The summed E-state index contributed by atoms with van der Waals surface area (Å²) in [7, 11) is 0. The van der Waals surface area contributed by atoms with Crippen molar-refractivity contribution in [1.29, 1.82) is 0 Å². The van der Waals surface area contributed by atoms with Crippen LogP contribution in [0.3, 0.4) is 0 Å². The first-order valence-corrected chi connectivity index (χ1v) is 7.64. The van der Waals surface area contributed by atoms with Gasteiger partial charge in [0.2, 0.25) is 5.91 Å². The van der Waals surface area contributed by atoms with Gasteiger partial charge in [0.15, 0.2) is 0 Å². The van der Waals surface area contributed by atoms with E-state index in [9.17, 15) is 4.79 Å². The van der Waals surface area contributed by atoms with E-state index in [0.717, 1.165) is 39.3 Å². The van der Waals surface area contributed by atoms with Gasteiger partial charge in [-0.3, -0.25) is 9.69 Å². The van der Waals surface area contributed by atoms with Crippen LogP contribution in [0.15, 0.2) is 12.7 Å². The fourth-order valence-corrected chi connectivity index (χ4v) is 3.09. The number of hydrogen-bond donors (Lipinski definition) is 2. The maximum absolute atomic E-state index is 11.7. The van der Waals surface area contributed by atoms with Crippen LogP contribution < -0.4 is 10.6 Å². The number of carbonyl (C=O) groups excluding carboxylic acids is 1. The van der Waals surface area contributed by atoms with Crippen LogP contribution >= 0.6 is 12.4 Å². The predicted octanol–water partition coefficient (Wildman–Crippen LogP) is 0.328. The number of hydrogen-bond acceptors (Lipinski definition) is 4. The molecule has 2 N–H and O–H groups in total. The van der Waals surface area contributed by atoms with Gasteiger partial charge in [-0.25, -0.2) is 0 Å². The fourth-order valence-electron chi connectivity index (χ4n) is 3.09. The van der Waals surface area contributed by atoms with Gasteiger partial charge in [-0.15, -0.1) is 19.0 Å². The molecule has 0 spiro atoms. The molecule has 21 heavy (non-hydrogen) atoms. The molecule has 1 unspecified atom stereocenters. The Morgan fingerprint density at radius 3 is 2.57 bits per heavy atom. The summed E-state index contributed by atoms with van der Waals surface area (Å²) in [6.45, 7) is 14.7. The van der Waals surface area contributed by atoms with Gasteiger partial charge in [0.1, 0.15) is 0 Å². The highest BCUT2D eigenvalue weighted by atomic mass is 35.5. The van der Waals surface area contributed by atoms with Crippen LogP contribution in [0.2, 0.25) is 0 Å². The normalized spacial score (nSPS) is 27.1. The SMILES string of the molecule is C=CCNC(=O)CN1CCN(CC2(C)CCNC2)CC1.Cl. The fraction of sp³-hybridized carbons (Fsp3) is 0.800. The minimum absolute atomic E-state index is 0. The Labute approximate surface area is 134 Å². The van der Waals surface area contributed by atoms with Gasteiger partial charge in [-0.05, 0) is 18.4 Å². The average Bonchev–Trinajstić information content (AvgIpc) is 2.85. The molecule has 0 aromatic carbocycles. The lowest BCUT2D eigenvalue weighted by molar-refractivity contribution is -0.122. The van der Waals surface area contributed by atoms with E-state index in [4.69, 9.17) is 0 Å². The van der Waals surface area contributed by atoms with Crippen molar-refractivity contribution in [2.24, 2.45) is 5.41 Å². The third kappa shape index (κ3) is 5.94. The number of nitrogens with one attached hydrogen (secondary N) is 2. The van der Waals surface area contributed by atoms with Crippen molar-refractivity contribution in [3.63, 3.8) is 0 Å². The largest absolute Gasteiger partial charge is 0.352 e. The Bertz CT molecular complexity index is 337. The highest BCUT2D eigenvalue weighted by Gasteiger charge is 2.31. The molecule has 2 saturated heterocycles. The van der Waals surface area contributed by atoms with Gasteiger partial charge < -0.3 is 15.5 Å². The number of carbonyl (C=O) groups is 1. The molecule has 2 heterocycles. The molecule has 1 atom stereocenters. The van der Waals surface area contributed by atoms with Gasteiger partial charge >= 0.3 is 0 Å². The van der Waals surface area contributed by atoms with E-state index in [1.54, 1.807) is 6.08 Å². The summed E-state index contributed by atoms with van der Waals surface area (Å²) in [5, 5.41) is 6.29. The summed E-state index contributed by atoms with van der Waals surface area (Å²) in [5.74, 6) is 0.102. The quantitative estimate of drug-likeness (QED) is 0.693. The second-order valence-corrected chi connectivity index (χ2v) is 6.38. The van der Waals surface area contributed by atoms with Crippen LogP contribution in [0.1, 0.15) is 13.3 Å². The lowest BCUT2D eigenvalue weighted by atomic mass is 9.89. The molecule has 0 bridgehead atoms. The van der Waals surface area contributed by atoms with Gasteiger partial charge in [-0.2, -0.15) is 0 Å². The highest BCUT2D eigenvalue weighted by Crippen LogP contribution is 2.26. The van der Waals surface area contributed by atoms with Crippen molar-refractivity contribution >= 4 is 18.3 Å². The molecule has 2 aliphatic heterocycles. The summed E-state index contributed by atoms with van der Waals surface area (Å²) in [6.07, 6.45) is 2.99. The summed E-state index contributed by atoms with van der Waals surface area (Å²) in [5.41, 5.74) is 0.434. The second-order valence-electron chi connectivity index (χ2n) is 6.38. The third-order valence-corrected chi connectivity index (χ3v) is 4.34. The Kier molecular flexibility index (Phi) is 7.66. The number of rotatable bonds is 6. The van der Waals surface area contributed by atoms with Crippen LogP contribution in [-0.4, -0.2) is 74.6 Å². The van der Waals surface area contributed by atoms with E-state index in [-0.39, 0.29) is 18.3 Å². The number of halogens is 1. The summed E-state index contributed by atoms with van der Waals surface area (Å²) in [4.78, 5) is 16.4. The van der Waals surface area contributed by atoms with E-state index in [1.165, 1.54) is 13.0 Å². The summed E-state index contributed by atoms with van der Waals surface area (Å²) in [6, 6.07) is 0. The lowest BCUT2D eigenvalue weighted by Crippen LogP contribution is -2.51. The van der Waals surface area contributed by atoms with Crippen LogP contribution in [0.25, 0.3) is 0 Å². The van der Waals surface area contributed by atoms with Crippen LogP contribution in [0.4, 0.5) is 0 Å². The zero-order valence-electron chi connectivity index (χ0n) is 13.1. The maximum atomic E-state index is 11.7. The zero-order chi connectivity index (χ0) is 14.4. The molecule has 0 saturated carbocycles. The predicted molar refractivity (Wildman–Crippen MR) is 88.9 cm³/mol. The van der Waals surface area contributed by atoms with Crippen LogP contribution in [-0.2, 0) is 4.79 Å². The van der Waals surface area contributed by atoms with Crippen LogP contribution in [0.5, 0.6) is 0 Å². The molecular formula is C15H29ClN4O. The van der Waals surface area contributed by atoms with Gasteiger partial charge in [0, 0.05) is 45.8 Å². The second kappa shape index (κ2) is 8.73. The molecule has 2 rings (SSSR count). The number of nitrogens with zero attached hydrogens (tertiary/aromatic N) is 2. The van der Waals surface area contributed by atoms with Crippen molar-refractivity contribution < 1.29 is 4.79 Å². The zero-order valence-corrected chi connectivity index (χ0v) is 13.9. The van der Waals surface area contributed by atoms with Crippen molar-refractivity contribution in [1.82, 2.24) is 20.4 Å². The van der Waals surface area contributed by atoms with Crippen molar-refractivity contribution in [3.8, 4) is 0 Å². The highest BCUT2D eigenvalue weighted by molar-refractivity contribution is 5.85. The first-order chi connectivity index (χ1) is 9.61. The molecule has 0 aliphatic carbocycles. The smallest absolute Gasteiger partial charge is 0.234 e. The Balaban J connectivity index is 0.00000220. The molecular weight excluding hydrogens is 288 g/mol. The topological polar surface area (TPSA) is 47.6 Å². The number of amides is 1. The van der Waals surface area contributed by atoms with E-state index < -0.39 is 0 Å². The average molecular weight is 317 g/mol. The molecule has 6 heteroatoms. The minimum Gasteiger partial charge on any atom is -0.352 e. The Morgan fingerprint density at radius 2 is 2.00 bits per heavy atom. The molecule has 0 aromatic heterocycles. The lowest BCUT2D eigenvalue weighted by Gasteiger charge is -2.38. The molecule has 1 amide bonds. The van der Waals surface area contributed by atoms with Gasteiger partial charge in [0.05, 0.1) is 6.54 Å². The number of piperazine rings is 1. The summed E-state index contributed by atoms with van der Waals surface area (Å²) < 4.78 is 0. The summed E-state index contributed by atoms with van der Waals surface area (Å²) >= 11 is 0. The maximum Gasteiger partial charge on any atom is 0.234 e. The van der Waals surface area contributed by atoms with E-state index in [0.29, 0.717) is 18.5 Å². The first kappa shape index (κ1) is 18.4. The standard InChI is InChI=1S/C15H28N4O.ClH/c1-3-5-17-14(20)11-18-7-9-19(10-8-18)13-15(2)4-6-16-12-15;/h3,16H,1,4-13H2,2H3,(H,17,20);1H. The molecule has 0 aromatic rings. The monoisotopic (exact) mass is 316 g/mol. The van der Waals surface area contributed by atoms with E-state index in [1.807, 2.05) is 0 Å². The van der Waals surface area contributed by atoms with Crippen molar-refractivity contribution in [3.05, 3.63) is 12.7 Å². The molecule has 5 nitrogen and oxygen atoms in total. The van der Waals surface area contributed by atoms with Gasteiger partial charge in [-0.1, -0.05) is 13.0 Å².